The summed E-state index contributed by atoms with van der Waals surface area (Å²) in [6.45, 7) is 4.91. The number of aryl methyl sites for hydroxylation is 1. The number of fused-ring (bicyclic) bond motifs is 5. The maximum Gasteiger partial charge on any atom is 0.162 e. The topological polar surface area (TPSA) is 115 Å². The van der Waals surface area contributed by atoms with Crippen molar-refractivity contribution in [2.75, 3.05) is 41.4 Å². The molecule has 7 aromatic rings. The fraction of sp³-hybridized carbons (Fsp3) is 0.283. The van der Waals surface area contributed by atoms with Gasteiger partial charge in [-0.2, -0.15) is 0 Å². The molecular formula is C53H56N2O7. The maximum atomic E-state index is 10.4. The summed E-state index contributed by atoms with van der Waals surface area (Å²) < 4.78 is 17.9. The SMILES string of the molecule is CN1CCc2cc(O)c(CO)c3c2[C@H]1Cc1cc(O)c(CO)cc1-3.COc1cc2c(ccc3c(CCN(C)Cc4ccccc4)cc(C)c(OC)c32)cc1OCc1ccccc1. The van der Waals surface area contributed by atoms with Crippen molar-refractivity contribution in [1.29, 1.82) is 0 Å². The fourth-order valence-electron chi connectivity index (χ4n) is 9.39. The van der Waals surface area contributed by atoms with Crippen molar-refractivity contribution in [1.82, 2.24) is 9.80 Å². The molecule has 7 aromatic carbocycles. The Kier molecular flexibility index (Phi) is 12.7. The largest absolute Gasteiger partial charge is 0.508 e. The normalized spacial score (nSPS) is 14.3. The van der Waals surface area contributed by atoms with Gasteiger partial charge < -0.3 is 39.5 Å². The van der Waals surface area contributed by atoms with Gasteiger partial charge in [-0.15, -0.1) is 0 Å². The van der Waals surface area contributed by atoms with Crippen LogP contribution in [0.3, 0.4) is 0 Å². The third-order valence-electron chi connectivity index (χ3n) is 12.6. The van der Waals surface area contributed by atoms with Gasteiger partial charge in [0.2, 0.25) is 0 Å². The quantitative estimate of drug-likeness (QED) is 0.0895. The lowest BCUT2D eigenvalue weighted by atomic mass is 9.74. The summed E-state index contributed by atoms with van der Waals surface area (Å²) in [5.74, 6) is 2.56. The molecule has 0 spiro atoms. The second-order valence-electron chi connectivity index (χ2n) is 16.6. The van der Waals surface area contributed by atoms with Crippen LogP contribution in [0.25, 0.3) is 32.7 Å². The number of hydrogen-bond acceptors (Lipinski definition) is 9. The highest BCUT2D eigenvalue weighted by molar-refractivity contribution is 6.13. The number of methoxy groups -OCH3 is 2. The minimum absolute atomic E-state index is 0.0871. The molecule has 1 heterocycles. The standard InChI is InChI=1S/C34H35NO3.C19H21NO4/c1-24-19-28(17-18-35(2)22-25-11-7-5-8-12-25)29-16-15-27-20-32(38-23-26-13-9-6-10-14-26)31(36-3)21-30(27)33(29)34(24)37-4;1-20-3-2-10-6-17(24)14(9-22)19-13-4-12(8-21)16(23)7-11(13)5-15(20)18(10)19/h5-16,19-21H,17-18,22-23H2,1-4H3;4,6-7,15,21-24H,2-3,5,8-9H2,1H3/t;15-/m.1/s1. The van der Waals surface area contributed by atoms with Crippen molar-refractivity contribution in [3.05, 3.63) is 159 Å². The van der Waals surface area contributed by atoms with Crippen LogP contribution in [0.2, 0.25) is 0 Å². The van der Waals surface area contributed by atoms with E-state index in [-0.39, 0.29) is 30.8 Å². The molecular weight excluding hydrogens is 777 g/mol. The highest BCUT2D eigenvalue weighted by Gasteiger charge is 2.35. The van der Waals surface area contributed by atoms with Gasteiger partial charge in [0.15, 0.2) is 11.5 Å². The molecule has 320 valence electrons. The number of rotatable bonds is 12. The van der Waals surface area contributed by atoms with Crippen molar-refractivity contribution in [3.63, 3.8) is 0 Å². The van der Waals surface area contributed by atoms with E-state index in [1.165, 1.54) is 16.5 Å². The minimum Gasteiger partial charge on any atom is -0.508 e. The van der Waals surface area contributed by atoms with E-state index in [2.05, 4.69) is 104 Å². The molecule has 0 fully saturated rings. The van der Waals surface area contributed by atoms with Crippen LogP contribution in [0.5, 0.6) is 28.7 Å². The van der Waals surface area contributed by atoms with E-state index in [4.69, 9.17) is 14.2 Å². The van der Waals surface area contributed by atoms with Gasteiger partial charge in [0, 0.05) is 42.2 Å². The first-order valence-corrected chi connectivity index (χ1v) is 21.3. The molecule has 9 heteroatoms. The number of aromatic hydroxyl groups is 2. The van der Waals surface area contributed by atoms with Gasteiger partial charge in [-0.05, 0) is 137 Å². The van der Waals surface area contributed by atoms with E-state index in [0.717, 1.165) is 105 Å². The van der Waals surface area contributed by atoms with Crippen LogP contribution in [0, 0.1) is 6.92 Å². The smallest absolute Gasteiger partial charge is 0.162 e. The van der Waals surface area contributed by atoms with E-state index < -0.39 is 0 Å². The molecule has 0 saturated heterocycles. The van der Waals surface area contributed by atoms with Crippen molar-refractivity contribution in [2.24, 2.45) is 0 Å². The number of ether oxygens (including phenoxy) is 3. The molecule has 0 aromatic heterocycles. The third kappa shape index (κ3) is 8.41. The highest BCUT2D eigenvalue weighted by atomic mass is 16.5. The lowest BCUT2D eigenvalue weighted by Crippen LogP contribution is -2.36. The number of benzene rings is 7. The zero-order valence-electron chi connectivity index (χ0n) is 36.2. The van der Waals surface area contributed by atoms with Gasteiger partial charge in [-0.25, -0.2) is 0 Å². The van der Waals surface area contributed by atoms with Crippen LogP contribution in [-0.2, 0) is 45.6 Å². The lowest BCUT2D eigenvalue weighted by molar-refractivity contribution is 0.226. The van der Waals surface area contributed by atoms with Gasteiger partial charge >= 0.3 is 0 Å². The summed E-state index contributed by atoms with van der Waals surface area (Å²) in [5.41, 5.74) is 10.9. The second-order valence-corrected chi connectivity index (χ2v) is 16.6. The maximum absolute atomic E-state index is 10.4. The Labute approximate surface area is 364 Å². The van der Waals surface area contributed by atoms with E-state index >= 15 is 0 Å². The van der Waals surface area contributed by atoms with Crippen molar-refractivity contribution >= 4 is 21.5 Å². The molecule has 0 radical (unpaired) electrons. The minimum atomic E-state index is -0.252. The summed E-state index contributed by atoms with van der Waals surface area (Å²) in [5, 5.41) is 44.4. The zero-order chi connectivity index (χ0) is 43.5. The van der Waals surface area contributed by atoms with Crippen molar-refractivity contribution in [2.45, 2.75) is 58.6 Å². The number of hydrogen-bond donors (Lipinski definition) is 4. The van der Waals surface area contributed by atoms with E-state index in [0.29, 0.717) is 23.5 Å². The number of nitrogens with zero attached hydrogens (tertiary/aromatic N) is 2. The molecule has 0 bridgehead atoms. The van der Waals surface area contributed by atoms with Crippen molar-refractivity contribution < 1.29 is 34.6 Å². The Morgan fingerprint density at radius 2 is 1.47 bits per heavy atom. The molecule has 2 aliphatic rings. The van der Waals surface area contributed by atoms with Gasteiger partial charge in [-0.1, -0.05) is 78.9 Å². The molecule has 1 atom stereocenters. The molecule has 1 aliphatic heterocycles. The summed E-state index contributed by atoms with van der Waals surface area (Å²) >= 11 is 0. The number of aliphatic hydroxyl groups excluding tert-OH is 2. The molecule has 1 aliphatic carbocycles. The highest BCUT2D eigenvalue weighted by Crippen LogP contribution is 2.50. The molecule has 0 saturated carbocycles. The molecule has 9 nitrogen and oxygen atoms in total. The molecule has 4 N–H and O–H groups in total. The fourth-order valence-corrected chi connectivity index (χ4v) is 9.39. The Bertz CT molecular complexity index is 2720. The Hall–Kier alpha value is -6.10. The first kappa shape index (κ1) is 42.6. The first-order valence-electron chi connectivity index (χ1n) is 21.3. The lowest BCUT2D eigenvalue weighted by Gasteiger charge is -2.40. The van der Waals surface area contributed by atoms with Gasteiger partial charge in [-0.3, -0.25) is 4.90 Å². The molecule has 9 rings (SSSR count). The predicted molar refractivity (Wildman–Crippen MR) is 246 cm³/mol. The summed E-state index contributed by atoms with van der Waals surface area (Å²) in [4.78, 5) is 4.66. The van der Waals surface area contributed by atoms with Crippen LogP contribution in [0.15, 0.2) is 109 Å². The predicted octanol–water partition coefficient (Wildman–Crippen LogP) is 9.41. The molecule has 0 amide bonds. The van der Waals surface area contributed by atoms with Crippen LogP contribution in [0.4, 0.5) is 0 Å². The number of phenols is 2. The molecule has 62 heavy (non-hydrogen) atoms. The average Bonchev–Trinajstić information content (AvgIpc) is 3.28. The Balaban J connectivity index is 0.000000189. The monoisotopic (exact) mass is 832 g/mol. The summed E-state index contributed by atoms with van der Waals surface area (Å²) in [6, 6.07) is 37.1. The summed E-state index contributed by atoms with van der Waals surface area (Å²) in [6.07, 6.45) is 2.57. The number of aliphatic hydroxyl groups is 2. The van der Waals surface area contributed by atoms with Crippen LogP contribution in [0.1, 0.15) is 56.1 Å². The van der Waals surface area contributed by atoms with Crippen LogP contribution >= 0.6 is 0 Å². The van der Waals surface area contributed by atoms with Crippen LogP contribution < -0.4 is 14.2 Å². The Morgan fingerprint density at radius 1 is 0.742 bits per heavy atom. The zero-order valence-corrected chi connectivity index (χ0v) is 36.2. The third-order valence-corrected chi connectivity index (χ3v) is 12.6. The van der Waals surface area contributed by atoms with E-state index in [9.17, 15) is 20.4 Å². The van der Waals surface area contributed by atoms with Gasteiger partial charge in [0.05, 0.1) is 27.4 Å². The van der Waals surface area contributed by atoms with Gasteiger partial charge in [0.25, 0.3) is 0 Å². The van der Waals surface area contributed by atoms with E-state index in [1.54, 1.807) is 32.4 Å². The Morgan fingerprint density at radius 3 is 2.16 bits per heavy atom. The van der Waals surface area contributed by atoms with Crippen molar-refractivity contribution in [3.8, 4) is 39.9 Å². The summed E-state index contributed by atoms with van der Waals surface area (Å²) in [7, 11) is 7.71. The second kappa shape index (κ2) is 18.5. The average molecular weight is 833 g/mol. The van der Waals surface area contributed by atoms with Gasteiger partial charge in [0.1, 0.15) is 23.9 Å². The first-order chi connectivity index (χ1) is 30.1. The van der Waals surface area contributed by atoms with E-state index in [1.807, 2.05) is 18.2 Å². The number of likely N-dealkylation sites (N-methyl/N-ethyl adjacent to an activating group) is 2. The molecule has 0 unspecified atom stereocenters. The van der Waals surface area contributed by atoms with Crippen LogP contribution in [-0.4, -0.2) is 71.6 Å².